The van der Waals surface area contributed by atoms with Crippen LogP contribution in [0.2, 0.25) is 0 Å². The lowest BCUT2D eigenvalue weighted by Crippen LogP contribution is -2.00. The predicted octanol–water partition coefficient (Wildman–Crippen LogP) is 4.24. The topological polar surface area (TPSA) is 116 Å². The summed E-state index contributed by atoms with van der Waals surface area (Å²) in [6.45, 7) is 1.93. The molecule has 0 unspecified atom stereocenters. The number of anilines is 2. The van der Waals surface area contributed by atoms with Gasteiger partial charge in [0.15, 0.2) is 15.7 Å². The first-order valence-corrected chi connectivity index (χ1v) is 12.6. The maximum absolute atomic E-state index is 11.9. The number of nitrogens with one attached hydrogen (secondary N) is 1. The minimum Gasteiger partial charge on any atom is -0.324 e. The van der Waals surface area contributed by atoms with Crippen molar-refractivity contribution in [3.05, 3.63) is 91.1 Å². The molecule has 9 nitrogen and oxygen atoms in total. The Balaban J connectivity index is 1.33. The molecular formula is C25H21N7O2S. The fourth-order valence-electron chi connectivity index (χ4n) is 3.41. The van der Waals surface area contributed by atoms with E-state index in [1.54, 1.807) is 47.7 Å². The van der Waals surface area contributed by atoms with Gasteiger partial charge in [-0.2, -0.15) is 0 Å². The van der Waals surface area contributed by atoms with Crippen LogP contribution in [0.5, 0.6) is 0 Å². The molecule has 0 amide bonds. The highest BCUT2D eigenvalue weighted by Gasteiger charge is 2.10. The van der Waals surface area contributed by atoms with Crippen molar-refractivity contribution in [3.8, 4) is 28.3 Å². The van der Waals surface area contributed by atoms with Crippen LogP contribution in [-0.2, 0) is 9.84 Å². The molecule has 5 aromatic rings. The molecular weight excluding hydrogens is 462 g/mol. The summed E-state index contributed by atoms with van der Waals surface area (Å²) in [4.78, 5) is 17.7. The highest BCUT2D eigenvalue weighted by Crippen LogP contribution is 2.23. The third-order valence-electron chi connectivity index (χ3n) is 5.26. The molecule has 0 fully saturated rings. The molecule has 5 rings (SSSR count). The number of aryl methyl sites for hydroxylation is 1. The van der Waals surface area contributed by atoms with Gasteiger partial charge in [-0.15, -0.1) is 5.10 Å². The quantitative estimate of drug-likeness (QED) is 0.381. The fourth-order valence-corrected chi connectivity index (χ4v) is 4.08. The molecule has 0 spiro atoms. The molecule has 0 saturated heterocycles. The van der Waals surface area contributed by atoms with Crippen molar-refractivity contribution in [2.75, 3.05) is 11.6 Å². The second kappa shape index (κ2) is 9.07. The summed E-state index contributed by atoms with van der Waals surface area (Å²) in [7, 11) is -3.31. The van der Waals surface area contributed by atoms with Gasteiger partial charge in [-0.3, -0.25) is 4.98 Å². The number of benzene rings is 2. The molecule has 35 heavy (non-hydrogen) atoms. The van der Waals surface area contributed by atoms with Crippen LogP contribution in [0.4, 0.5) is 11.6 Å². The van der Waals surface area contributed by atoms with Crippen LogP contribution in [0.3, 0.4) is 0 Å². The van der Waals surface area contributed by atoms with Crippen molar-refractivity contribution < 1.29 is 8.42 Å². The zero-order valence-electron chi connectivity index (χ0n) is 19.0. The van der Waals surface area contributed by atoms with Gasteiger partial charge in [0, 0.05) is 41.2 Å². The summed E-state index contributed by atoms with van der Waals surface area (Å²) in [5, 5.41) is 7.72. The first kappa shape index (κ1) is 22.4. The number of sulfone groups is 1. The van der Waals surface area contributed by atoms with Crippen molar-refractivity contribution in [1.82, 2.24) is 29.7 Å². The Morgan fingerprint density at radius 3 is 2.46 bits per heavy atom. The number of aromatic nitrogens is 6. The molecule has 0 aliphatic heterocycles. The predicted molar refractivity (Wildman–Crippen MR) is 133 cm³/mol. The Kier molecular flexibility index (Phi) is 5.79. The SMILES string of the molecule is Cc1ccc(-c2ncn(-c3ccc(Nc4nccc(-c5cccc(S(C)(=O)=O)c5)n4)cc3)n2)cn1. The molecule has 3 aromatic heterocycles. The smallest absolute Gasteiger partial charge is 0.227 e. The van der Waals surface area contributed by atoms with E-state index in [1.165, 1.54) is 6.26 Å². The van der Waals surface area contributed by atoms with Crippen LogP contribution in [0.1, 0.15) is 5.69 Å². The van der Waals surface area contributed by atoms with Gasteiger partial charge in [0.05, 0.1) is 16.3 Å². The summed E-state index contributed by atoms with van der Waals surface area (Å²) < 4.78 is 25.5. The molecule has 0 saturated carbocycles. The Morgan fingerprint density at radius 2 is 1.71 bits per heavy atom. The minimum atomic E-state index is -3.31. The zero-order chi connectivity index (χ0) is 24.4. The van der Waals surface area contributed by atoms with Gasteiger partial charge in [0.25, 0.3) is 0 Å². The molecule has 0 radical (unpaired) electrons. The number of nitrogens with zero attached hydrogens (tertiary/aromatic N) is 6. The van der Waals surface area contributed by atoms with E-state index >= 15 is 0 Å². The van der Waals surface area contributed by atoms with Gasteiger partial charge in [-0.25, -0.2) is 28.1 Å². The van der Waals surface area contributed by atoms with Gasteiger partial charge in [-0.1, -0.05) is 12.1 Å². The van der Waals surface area contributed by atoms with Gasteiger partial charge in [-0.05, 0) is 61.5 Å². The van der Waals surface area contributed by atoms with Crippen LogP contribution in [0, 0.1) is 6.92 Å². The molecule has 174 valence electrons. The van der Waals surface area contributed by atoms with E-state index in [2.05, 4.69) is 30.4 Å². The Labute approximate surface area is 202 Å². The molecule has 2 aromatic carbocycles. The van der Waals surface area contributed by atoms with Crippen LogP contribution in [-0.4, -0.2) is 44.4 Å². The van der Waals surface area contributed by atoms with Gasteiger partial charge in [0.2, 0.25) is 5.95 Å². The Hall–Kier alpha value is -4.44. The average molecular weight is 484 g/mol. The minimum absolute atomic E-state index is 0.244. The fraction of sp³-hybridized carbons (Fsp3) is 0.0800. The second-order valence-electron chi connectivity index (χ2n) is 7.94. The third kappa shape index (κ3) is 5.07. The number of rotatable bonds is 6. The Morgan fingerprint density at radius 1 is 0.886 bits per heavy atom. The molecule has 3 heterocycles. The molecule has 0 bridgehead atoms. The van der Waals surface area contributed by atoms with E-state index in [-0.39, 0.29) is 4.90 Å². The van der Waals surface area contributed by atoms with Crippen molar-refractivity contribution >= 4 is 21.5 Å². The number of hydrogen-bond donors (Lipinski definition) is 1. The maximum atomic E-state index is 11.9. The van der Waals surface area contributed by atoms with Crippen molar-refractivity contribution in [1.29, 1.82) is 0 Å². The largest absolute Gasteiger partial charge is 0.324 e. The van der Waals surface area contributed by atoms with Crippen LogP contribution in [0.15, 0.2) is 90.3 Å². The monoisotopic (exact) mass is 483 g/mol. The summed E-state index contributed by atoms with van der Waals surface area (Å²) >= 11 is 0. The first-order chi connectivity index (χ1) is 16.8. The van der Waals surface area contributed by atoms with E-state index < -0.39 is 9.84 Å². The van der Waals surface area contributed by atoms with Crippen LogP contribution < -0.4 is 5.32 Å². The number of pyridine rings is 1. The summed E-state index contributed by atoms with van der Waals surface area (Å²) in [6, 6.07) is 19.9. The average Bonchev–Trinajstić information content (AvgIpc) is 3.35. The molecule has 0 aliphatic rings. The summed E-state index contributed by atoms with van der Waals surface area (Å²) in [5.74, 6) is 1.000. The van der Waals surface area contributed by atoms with E-state index in [1.807, 2.05) is 49.4 Å². The van der Waals surface area contributed by atoms with E-state index in [0.717, 1.165) is 22.6 Å². The lowest BCUT2D eigenvalue weighted by molar-refractivity contribution is 0.602. The van der Waals surface area contributed by atoms with Gasteiger partial charge >= 0.3 is 0 Å². The maximum Gasteiger partial charge on any atom is 0.227 e. The molecule has 0 atom stereocenters. The van der Waals surface area contributed by atoms with Crippen LogP contribution in [0.25, 0.3) is 28.3 Å². The van der Waals surface area contributed by atoms with E-state index in [0.29, 0.717) is 23.0 Å². The van der Waals surface area contributed by atoms with Crippen LogP contribution >= 0.6 is 0 Å². The summed E-state index contributed by atoms with van der Waals surface area (Å²) in [5.41, 5.74) is 4.74. The van der Waals surface area contributed by atoms with E-state index in [9.17, 15) is 8.42 Å². The Bertz CT molecular complexity index is 1600. The molecule has 1 N–H and O–H groups in total. The van der Waals surface area contributed by atoms with Crippen molar-refractivity contribution in [3.63, 3.8) is 0 Å². The highest BCUT2D eigenvalue weighted by molar-refractivity contribution is 7.90. The second-order valence-corrected chi connectivity index (χ2v) is 9.95. The van der Waals surface area contributed by atoms with Gasteiger partial charge < -0.3 is 5.32 Å². The zero-order valence-corrected chi connectivity index (χ0v) is 19.8. The lowest BCUT2D eigenvalue weighted by atomic mass is 10.1. The third-order valence-corrected chi connectivity index (χ3v) is 6.37. The lowest BCUT2D eigenvalue weighted by Gasteiger charge is -2.08. The van der Waals surface area contributed by atoms with Gasteiger partial charge in [0.1, 0.15) is 6.33 Å². The highest BCUT2D eigenvalue weighted by atomic mass is 32.2. The molecule has 0 aliphatic carbocycles. The summed E-state index contributed by atoms with van der Waals surface area (Å²) in [6.07, 6.45) is 6.23. The number of hydrogen-bond acceptors (Lipinski definition) is 8. The molecule has 10 heteroatoms. The standard InChI is InChI=1S/C25H21N7O2S/c1-17-6-7-19(15-27-17)24-28-16-32(31-24)21-10-8-20(9-11-21)29-25-26-13-12-23(30-25)18-4-3-5-22(14-18)35(2,33)34/h3-16H,1-2H3,(H,26,29,30). The van der Waals surface area contributed by atoms with E-state index in [4.69, 9.17) is 0 Å². The normalized spacial score (nSPS) is 11.4. The van der Waals surface area contributed by atoms with Crippen molar-refractivity contribution in [2.24, 2.45) is 0 Å². The first-order valence-electron chi connectivity index (χ1n) is 10.7. The van der Waals surface area contributed by atoms with Crippen molar-refractivity contribution in [2.45, 2.75) is 11.8 Å².